The van der Waals surface area contributed by atoms with Crippen molar-refractivity contribution in [3.63, 3.8) is 0 Å². The molecule has 2 nitrogen and oxygen atoms in total. The van der Waals surface area contributed by atoms with Crippen molar-refractivity contribution in [1.82, 2.24) is 9.55 Å². The number of alkyl halides is 1. The second kappa shape index (κ2) is 6.07. The van der Waals surface area contributed by atoms with Crippen molar-refractivity contribution in [2.45, 2.75) is 40.7 Å². The SMILES string of the molecule is CC(C)C(C)(C)Cn1c(CCCl)nc2cc(Br)ccc21. The first-order chi connectivity index (χ1) is 9.35. The van der Waals surface area contributed by atoms with Gasteiger partial charge in [0.1, 0.15) is 5.82 Å². The topological polar surface area (TPSA) is 17.8 Å². The van der Waals surface area contributed by atoms with Crippen molar-refractivity contribution in [3.05, 3.63) is 28.5 Å². The van der Waals surface area contributed by atoms with Crippen molar-refractivity contribution in [3.8, 4) is 0 Å². The number of rotatable bonds is 5. The number of nitrogens with zero attached hydrogens (tertiary/aromatic N) is 2. The zero-order valence-electron chi connectivity index (χ0n) is 12.6. The van der Waals surface area contributed by atoms with Crippen LogP contribution in [0.3, 0.4) is 0 Å². The lowest BCUT2D eigenvalue weighted by atomic mass is 9.81. The van der Waals surface area contributed by atoms with Gasteiger partial charge < -0.3 is 4.57 Å². The third kappa shape index (κ3) is 3.20. The molecule has 0 N–H and O–H groups in total. The smallest absolute Gasteiger partial charge is 0.111 e. The van der Waals surface area contributed by atoms with E-state index < -0.39 is 0 Å². The summed E-state index contributed by atoms with van der Waals surface area (Å²) >= 11 is 9.45. The maximum atomic E-state index is 5.94. The number of halogens is 2. The summed E-state index contributed by atoms with van der Waals surface area (Å²) in [5.41, 5.74) is 2.46. The third-order valence-corrected chi connectivity index (χ3v) is 4.92. The van der Waals surface area contributed by atoms with E-state index >= 15 is 0 Å². The summed E-state index contributed by atoms with van der Waals surface area (Å²) in [5, 5.41) is 0. The number of hydrogen-bond acceptors (Lipinski definition) is 1. The van der Waals surface area contributed by atoms with Gasteiger partial charge in [-0.2, -0.15) is 0 Å². The van der Waals surface area contributed by atoms with Gasteiger partial charge in [-0.15, -0.1) is 11.6 Å². The molecule has 0 aliphatic rings. The van der Waals surface area contributed by atoms with E-state index in [-0.39, 0.29) is 5.41 Å². The zero-order valence-corrected chi connectivity index (χ0v) is 14.9. The van der Waals surface area contributed by atoms with Crippen LogP contribution in [-0.2, 0) is 13.0 Å². The molecule has 1 heterocycles. The van der Waals surface area contributed by atoms with Crippen LogP contribution in [0.1, 0.15) is 33.5 Å². The van der Waals surface area contributed by atoms with Crippen molar-refractivity contribution in [2.75, 3.05) is 5.88 Å². The lowest BCUT2D eigenvalue weighted by molar-refractivity contribution is 0.210. The lowest BCUT2D eigenvalue weighted by Gasteiger charge is -2.30. The molecule has 0 bridgehead atoms. The van der Waals surface area contributed by atoms with Crippen LogP contribution in [0.15, 0.2) is 22.7 Å². The minimum absolute atomic E-state index is 0.224. The van der Waals surface area contributed by atoms with Gasteiger partial charge in [-0.05, 0) is 29.5 Å². The van der Waals surface area contributed by atoms with Crippen molar-refractivity contribution >= 4 is 38.6 Å². The molecule has 0 unspecified atom stereocenters. The van der Waals surface area contributed by atoms with Crippen LogP contribution in [0.5, 0.6) is 0 Å². The quantitative estimate of drug-likeness (QED) is 0.667. The molecule has 0 saturated carbocycles. The van der Waals surface area contributed by atoms with Gasteiger partial charge in [0.2, 0.25) is 0 Å². The van der Waals surface area contributed by atoms with Crippen LogP contribution in [0.25, 0.3) is 11.0 Å². The first-order valence-corrected chi connectivity index (χ1v) is 8.38. The van der Waals surface area contributed by atoms with E-state index in [0.717, 1.165) is 28.8 Å². The fraction of sp³-hybridized carbons (Fsp3) is 0.562. The molecule has 110 valence electrons. The van der Waals surface area contributed by atoms with E-state index in [1.165, 1.54) is 5.52 Å². The third-order valence-electron chi connectivity index (χ3n) is 4.24. The Morgan fingerprint density at radius 1 is 1.35 bits per heavy atom. The molecule has 2 aromatic rings. The molecule has 1 aromatic carbocycles. The molecular weight excluding hydrogens is 336 g/mol. The molecule has 0 fully saturated rings. The summed E-state index contributed by atoms with van der Waals surface area (Å²) in [5.74, 6) is 2.30. The van der Waals surface area contributed by atoms with Crippen molar-refractivity contribution in [2.24, 2.45) is 11.3 Å². The van der Waals surface area contributed by atoms with Gasteiger partial charge in [0.05, 0.1) is 11.0 Å². The summed E-state index contributed by atoms with van der Waals surface area (Å²) in [4.78, 5) is 4.76. The van der Waals surface area contributed by atoms with E-state index in [2.05, 4.69) is 66.4 Å². The van der Waals surface area contributed by atoms with Gasteiger partial charge in [0.25, 0.3) is 0 Å². The summed E-state index contributed by atoms with van der Waals surface area (Å²) in [6.45, 7) is 10.1. The number of aromatic nitrogens is 2. The minimum atomic E-state index is 0.224. The van der Waals surface area contributed by atoms with Crippen LogP contribution < -0.4 is 0 Å². The molecule has 4 heteroatoms. The van der Waals surface area contributed by atoms with Gasteiger partial charge in [-0.3, -0.25) is 0 Å². The Morgan fingerprint density at radius 2 is 2.05 bits per heavy atom. The Bertz CT molecular complexity index is 602. The molecule has 0 spiro atoms. The van der Waals surface area contributed by atoms with Crippen molar-refractivity contribution in [1.29, 1.82) is 0 Å². The van der Waals surface area contributed by atoms with Crippen LogP contribution in [0, 0.1) is 11.3 Å². The van der Waals surface area contributed by atoms with Crippen LogP contribution >= 0.6 is 27.5 Å². The van der Waals surface area contributed by atoms with Crippen LogP contribution in [0.4, 0.5) is 0 Å². The molecule has 1 aromatic heterocycles. The van der Waals surface area contributed by atoms with E-state index in [1.54, 1.807) is 0 Å². The molecule has 2 rings (SSSR count). The summed E-state index contributed by atoms with van der Waals surface area (Å²) < 4.78 is 3.40. The van der Waals surface area contributed by atoms with Crippen LogP contribution in [-0.4, -0.2) is 15.4 Å². The highest BCUT2D eigenvalue weighted by Crippen LogP contribution is 2.31. The number of imidazole rings is 1. The zero-order chi connectivity index (χ0) is 14.9. The maximum Gasteiger partial charge on any atom is 0.111 e. The van der Waals surface area contributed by atoms with Crippen molar-refractivity contribution < 1.29 is 0 Å². The standard InChI is InChI=1S/C16H22BrClN2/c1-11(2)16(3,4)10-20-14-6-5-12(17)9-13(14)19-15(20)7-8-18/h5-6,9,11H,7-8,10H2,1-4H3. The summed E-state index contributed by atoms with van der Waals surface area (Å²) in [7, 11) is 0. The van der Waals surface area contributed by atoms with E-state index in [9.17, 15) is 0 Å². The molecule has 0 aliphatic carbocycles. The van der Waals surface area contributed by atoms with Gasteiger partial charge in [0, 0.05) is 23.3 Å². The summed E-state index contributed by atoms with van der Waals surface area (Å²) in [6, 6.07) is 6.29. The Labute approximate surface area is 134 Å². The number of benzene rings is 1. The largest absolute Gasteiger partial charge is 0.327 e. The highest BCUT2D eigenvalue weighted by molar-refractivity contribution is 9.10. The predicted octanol–water partition coefficient (Wildman–Crippen LogP) is 5.26. The second-order valence-corrected chi connectivity index (χ2v) is 7.62. The first-order valence-electron chi connectivity index (χ1n) is 7.06. The lowest BCUT2D eigenvalue weighted by Crippen LogP contribution is -2.26. The predicted molar refractivity (Wildman–Crippen MR) is 90.5 cm³/mol. The summed E-state index contributed by atoms with van der Waals surface area (Å²) in [6.07, 6.45) is 0.808. The second-order valence-electron chi connectivity index (χ2n) is 6.33. The highest BCUT2D eigenvalue weighted by Gasteiger charge is 2.25. The maximum absolute atomic E-state index is 5.94. The van der Waals surface area contributed by atoms with Gasteiger partial charge >= 0.3 is 0 Å². The molecule has 0 amide bonds. The normalized spacial score (nSPS) is 12.6. The Kier molecular flexibility index (Phi) is 4.80. The molecular formula is C16H22BrClN2. The number of aryl methyl sites for hydroxylation is 1. The molecule has 0 atom stereocenters. The Morgan fingerprint density at radius 3 is 2.65 bits per heavy atom. The number of fused-ring (bicyclic) bond motifs is 1. The van der Waals surface area contributed by atoms with Crippen LogP contribution in [0.2, 0.25) is 0 Å². The molecule has 0 radical (unpaired) electrons. The Hall–Kier alpha value is -0.540. The van der Waals surface area contributed by atoms with Gasteiger partial charge in [0.15, 0.2) is 0 Å². The Balaban J connectivity index is 2.51. The average Bonchev–Trinajstić information content (AvgIpc) is 2.66. The average molecular weight is 358 g/mol. The monoisotopic (exact) mass is 356 g/mol. The van der Waals surface area contributed by atoms with E-state index in [4.69, 9.17) is 16.6 Å². The highest BCUT2D eigenvalue weighted by atomic mass is 79.9. The van der Waals surface area contributed by atoms with E-state index in [0.29, 0.717) is 11.8 Å². The fourth-order valence-electron chi connectivity index (χ4n) is 2.19. The van der Waals surface area contributed by atoms with Gasteiger partial charge in [-0.1, -0.05) is 43.6 Å². The van der Waals surface area contributed by atoms with Gasteiger partial charge in [-0.25, -0.2) is 4.98 Å². The number of hydrogen-bond donors (Lipinski definition) is 0. The first kappa shape index (κ1) is 15.8. The molecule has 20 heavy (non-hydrogen) atoms. The molecule has 0 aliphatic heterocycles. The van der Waals surface area contributed by atoms with E-state index in [1.807, 2.05) is 0 Å². The minimum Gasteiger partial charge on any atom is -0.327 e. The fourth-order valence-corrected chi connectivity index (χ4v) is 2.71. The molecule has 0 saturated heterocycles.